The second-order valence-corrected chi connectivity index (χ2v) is 8.13. The van der Waals surface area contributed by atoms with Crippen LogP contribution in [0.2, 0.25) is 0 Å². The van der Waals surface area contributed by atoms with Crippen LogP contribution in [-0.2, 0) is 13.1 Å². The summed E-state index contributed by atoms with van der Waals surface area (Å²) in [5.41, 5.74) is 4.36. The van der Waals surface area contributed by atoms with Gasteiger partial charge in [0.15, 0.2) is 5.96 Å². The highest BCUT2D eigenvalue weighted by atomic mass is 16.1. The summed E-state index contributed by atoms with van der Waals surface area (Å²) in [6, 6.07) is 16.4. The van der Waals surface area contributed by atoms with Crippen LogP contribution in [0.15, 0.2) is 53.5 Å². The number of amides is 1. The lowest BCUT2D eigenvalue weighted by Gasteiger charge is -2.26. The number of hydrogen-bond donors (Lipinski definition) is 3. The summed E-state index contributed by atoms with van der Waals surface area (Å²) in [5, 5.41) is 9.50. The number of likely N-dealkylation sites (tertiary alicyclic amines) is 1. The molecule has 6 nitrogen and oxygen atoms in total. The normalized spacial score (nSPS) is 14.8. The number of hydrogen-bond acceptors (Lipinski definition) is 3. The largest absolute Gasteiger partial charge is 0.355 e. The summed E-state index contributed by atoms with van der Waals surface area (Å²) in [5.74, 6) is 0.667. The fraction of sp³-hybridized carbons (Fsp3) is 0.440. The maximum Gasteiger partial charge on any atom is 0.251 e. The van der Waals surface area contributed by atoms with Gasteiger partial charge in [-0.05, 0) is 56.1 Å². The Bertz CT molecular complexity index is 856. The Morgan fingerprint density at radius 1 is 0.935 bits per heavy atom. The lowest BCUT2D eigenvalue weighted by Crippen LogP contribution is -2.41. The second kappa shape index (κ2) is 12.1. The van der Waals surface area contributed by atoms with E-state index in [4.69, 9.17) is 0 Å². The van der Waals surface area contributed by atoms with E-state index in [0.717, 1.165) is 18.1 Å². The number of aryl methyl sites for hydroxylation is 1. The average molecular weight is 422 g/mol. The number of benzene rings is 2. The van der Waals surface area contributed by atoms with Gasteiger partial charge in [0.05, 0.1) is 0 Å². The third-order valence-corrected chi connectivity index (χ3v) is 5.54. The number of guanidine groups is 1. The molecule has 0 unspecified atom stereocenters. The van der Waals surface area contributed by atoms with Crippen molar-refractivity contribution in [1.82, 2.24) is 20.9 Å². The molecule has 6 heteroatoms. The summed E-state index contributed by atoms with van der Waals surface area (Å²) in [6.45, 7) is 7.30. The zero-order valence-corrected chi connectivity index (χ0v) is 18.8. The van der Waals surface area contributed by atoms with Crippen LogP contribution in [0, 0.1) is 6.92 Å². The van der Waals surface area contributed by atoms with Crippen LogP contribution in [0.1, 0.15) is 46.3 Å². The van der Waals surface area contributed by atoms with Crippen molar-refractivity contribution in [1.29, 1.82) is 0 Å². The van der Waals surface area contributed by atoms with Crippen molar-refractivity contribution in [3.63, 3.8) is 0 Å². The van der Waals surface area contributed by atoms with E-state index in [1.807, 2.05) is 31.2 Å². The third-order valence-electron chi connectivity index (χ3n) is 5.54. The van der Waals surface area contributed by atoms with Gasteiger partial charge in [-0.2, -0.15) is 0 Å². The molecule has 0 atom stereocenters. The predicted octanol–water partition coefficient (Wildman–Crippen LogP) is 3.08. The first-order chi connectivity index (χ1) is 15.1. The number of nitrogens with one attached hydrogen (secondary N) is 3. The van der Waals surface area contributed by atoms with Crippen molar-refractivity contribution in [2.75, 3.05) is 33.2 Å². The van der Waals surface area contributed by atoms with Gasteiger partial charge >= 0.3 is 0 Å². The summed E-state index contributed by atoms with van der Waals surface area (Å²) in [7, 11) is 1.75. The number of aliphatic imine (C=N–C) groups is 1. The average Bonchev–Trinajstić information content (AvgIpc) is 2.80. The van der Waals surface area contributed by atoms with Gasteiger partial charge in [0.2, 0.25) is 0 Å². The minimum absolute atomic E-state index is 0.0573. The maximum atomic E-state index is 12.2. The molecule has 1 saturated heterocycles. The molecule has 0 bridgehead atoms. The SMILES string of the molecule is CN=C(NCCNC(=O)c1cccc(C)c1)NCc1ccc(CN2CCCCC2)cc1. The lowest BCUT2D eigenvalue weighted by atomic mass is 10.1. The Balaban J connectivity index is 1.35. The molecule has 0 saturated carbocycles. The first kappa shape index (κ1) is 22.8. The van der Waals surface area contributed by atoms with Gasteiger partial charge in [-0.3, -0.25) is 14.7 Å². The van der Waals surface area contributed by atoms with Crippen LogP contribution in [0.5, 0.6) is 0 Å². The zero-order chi connectivity index (χ0) is 21.9. The number of nitrogens with zero attached hydrogens (tertiary/aromatic N) is 2. The Morgan fingerprint density at radius 3 is 2.35 bits per heavy atom. The minimum atomic E-state index is -0.0573. The van der Waals surface area contributed by atoms with E-state index in [2.05, 4.69) is 50.1 Å². The molecule has 0 radical (unpaired) electrons. The molecule has 1 aliphatic heterocycles. The summed E-state index contributed by atoms with van der Waals surface area (Å²) in [6.07, 6.45) is 4.02. The minimum Gasteiger partial charge on any atom is -0.355 e. The monoisotopic (exact) mass is 421 g/mol. The van der Waals surface area contributed by atoms with Gasteiger partial charge in [-0.1, -0.05) is 48.4 Å². The van der Waals surface area contributed by atoms with E-state index < -0.39 is 0 Å². The summed E-state index contributed by atoms with van der Waals surface area (Å²) >= 11 is 0. The number of carbonyl (C=O) groups excluding carboxylic acids is 1. The Hall–Kier alpha value is -2.86. The zero-order valence-electron chi connectivity index (χ0n) is 18.8. The third kappa shape index (κ3) is 7.72. The van der Waals surface area contributed by atoms with Crippen LogP contribution in [0.3, 0.4) is 0 Å². The van der Waals surface area contributed by atoms with E-state index >= 15 is 0 Å². The molecule has 2 aromatic carbocycles. The molecule has 31 heavy (non-hydrogen) atoms. The molecular formula is C25H35N5O. The van der Waals surface area contributed by atoms with Crippen LogP contribution >= 0.6 is 0 Å². The van der Waals surface area contributed by atoms with Crippen molar-refractivity contribution >= 4 is 11.9 Å². The molecular weight excluding hydrogens is 386 g/mol. The molecule has 0 spiro atoms. The Labute approximate surface area is 186 Å². The molecule has 166 valence electrons. The lowest BCUT2D eigenvalue weighted by molar-refractivity contribution is 0.0954. The van der Waals surface area contributed by atoms with Gasteiger partial charge in [-0.25, -0.2) is 0 Å². The maximum absolute atomic E-state index is 12.2. The van der Waals surface area contributed by atoms with E-state index in [9.17, 15) is 4.79 Å². The van der Waals surface area contributed by atoms with E-state index in [1.165, 1.54) is 43.5 Å². The highest BCUT2D eigenvalue weighted by Gasteiger charge is 2.10. The molecule has 2 aromatic rings. The Morgan fingerprint density at radius 2 is 1.65 bits per heavy atom. The van der Waals surface area contributed by atoms with Crippen molar-refractivity contribution < 1.29 is 4.79 Å². The fourth-order valence-electron chi connectivity index (χ4n) is 3.79. The van der Waals surface area contributed by atoms with Gasteiger partial charge in [-0.15, -0.1) is 0 Å². The number of piperidine rings is 1. The summed E-state index contributed by atoms with van der Waals surface area (Å²) < 4.78 is 0. The molecule has 1 heterocycles. The van der Waals surface area contributed by atoms with E-state index in [1.54, 1.807) is 7.05 Å². The van der Waals surface area contributed by atoms with Crippen molar-refractivity contribution in [2.45, 2.75) is 39.3 Å². The van der Waals surface area contributed by atoms with E-state index in [0.29, 0.717) is 25.2 Å². The van der Waals surface area contributed by atoms with Crippen molar-refractivity contribution in [3.8, 4) is 0 Å². The molecule has 3 rings (SSSR count). The van der Waals surface area contributed by atoms with Crippen LogP contribution in [0.25, 0.3) is 0 Å². The van der Waals surface area contributed by atoms with Crippen LogP contribution in [-0.4, -0.2) is 50.0 Å². The van der Waals surface area contributed by atoms with Gasteiger partial charge < -0.3 is 16.0 Å². The number of rotatable bonds is 8. The molecule has 1 aliphatic rings. The first-order valence-electron chi connectivity index (χ1n) is 11.2. The highest BCUT2D eigenvalue weighted by Crippen LogP contribution is 2.13. The molecule has 0 aromatic heterocycles. The standard InChI is InChI=1S/C25H35N5O/c1-20-7-6-8-23(17-20)24(31)27-13-14-28-25(26-2)29-18-21-9-11-22(12-10-21)19-30-15-4-3-5-16-30/h6-12,17H,3-5,13-16,18-19H2,1-2H3,(H,27,31)(H2,26,28,29). The first-order valence-corrected chi connectivity index (χ1v) is 11.2. The fourth-order valence-corrected chi connectivity index (χ4v) is 3.79. The Kier molecular flexibility index (Phi) is 8.91. The topological polar surface area (TPSA) is 68.8 Å². The second-order valence-electron chi connectivity index (χ2n) is 8.13. The molecule has 1 amide bonds. The smallest absolute Gasteiger partial charge is 0.251 e. The van der Waals surface area contributed by atoms with Gasteiger partial charge in [0.1, 0.15) is 0 Å². The van der Waals surface area contributed by atoms with Crippen molar-refractivity contribution in [3.05, 3.63) is 70.8 Å². The summed E-state index contributed by atoms with van der Waals surface area (Å²) in [4.78, 5) is 19.0. The van der Waals surface area contributed by atoms with E-state index in [-0.39, 0.29) is 5.91 Å². The number of carbonyl (C=O) groups is 1. The highest BCUT2D eigenvalue weighted by molar-refractivity contribution is 5.94. The predicted molar refractivity (Wildman–Crippen MR) is 127 cm³/mol. The van der Waals surface area contributed by atoms with Crippen LogP contribution in [0.4, 0.5) is 0 Å². The molecule has 0 aliphatic carbocycles. The molecule has 1 fully saturated rings. The van der Waals surface area contributed by atoms with Gasteiger partial charge in [0.25, 0.3) is 5.91 Å². The van der Waals surface area contributed by atoms with Crippen molar-refractivity contribution in [2.24, 2.45) is 4.99 Å². The van der Waals surface area contributed by atoms with Gasteiger partial charge in [0, 0.05) is 38.8 Å². The quantitative estimate of drug-likeness (QED) is 0.348. The van der Waals surface area contributed by atoms with Crippen LogP contribution < -0.4 is 16.0 Å². The molecule has 3 N–H and O–H groups in total.